The molecule has 0 N–H and O–H groups in total. The molecule has 0 fully saturated rings. The zero-order valence-corrected chi connectivity index (χ0v) is 5.44. The number of hydrogen-bond donors (Lipinski definition) is 0. The van der Waals surface area contributed by atoms with E-state index in [9.17, 15) is 10.1 Å². The summed E-state index contributed by atoms with van der Waals surface area (Å²) in [5.41, 5.74) is 0.349. The van der Waals surface area contributed by atoms with Gasteiger partial charge < -0.3 is 10.1 Å². The highest BCUT2D eigenvalue weighted by atomic mass is 16.6. The van der Waals surface area contributed by atoms with Crippen LogP contribution in [0.4, 0.5) is 5.82 Å². The highest BCUT2D eigenvalue weighted by Crippen LogP contribution is 2.13. The van der Waals surface area contributed by atoms with Gasteiger partial charge in [-0.15, -0.1) is 0 Å². The van der Waals surface area contributed by atoms with Crippen LogP contribution < -0.4 is 0 Å². The van der Waals surface area contributed by atoms with Crippen molar-refractivity contribution in [1.29, 1.82) is 0 Å². The van der Waals surface area contributed by atoms with Gasteiger partial charge in [0.25, 0.3) is 0 Å². The Kier molecular flexibility index (Phi) is 1.13. The molecule has 0 aromatic carbocycles. The SMILES string of the molecule is [2H]Cn1cnc(C)c1[N+](=O)[O-]. The van der Waals surface area contributed by atoms with Gasteiger partial charge in [-0.3, -0.25) is 0 Å². The summed E-state index contributed by atoms with van der Waals surface area (Å²) in [5, 5.41) is 10.3. The molecule has 0 unspecified atom stereocenters. The predicted molar refractivity (Wildman–Crippen MR) is 34.6 cm³/mol. The average molecular weight is 142 g/mol. The highest BCUT2D eigenvalue weighted by molar-refractivity contribution is 5.25. The fraction of sp³-hybridized carbons (Fsp3) is 0.400. The van der Waals surface area contributed by atoms with E-state index in [-0.39, 0.29) is 12.8 Å². The van der Waals surface area contributed by atoms with Crippen LogP contribution in [-0.4, -0.2) is 14.5 Å². The van der Waals surface area contributed by atoms with Gasteiger partial charge in [-0.1, -0.05) is 0 Å². The topological polar surface area (TPSA) is 61.0 Å². The smallest absolute Gasteiger partial charge is 0.345 e. The van der Waals surface area contributed by atoms with Crippen LogP contribution in [0.25, 0.3) is 0 Å². The van der Waals surface area contributed by atoms with E-state index in [1.165, 1.54) is 10.9 Å². The van der Waals surface area contributed by atoms with E-state index < -0.39 is 4.92 Å². The van der Waals surface area contributed by atoms with Crippen LogP contribution in [0, 0.1) is 17.0 Å². The molecule has 0 aliphatic heterocycles. The molecule has 5 heteroatoms. The lowest BCUT2D eigenvalue weighted by Crippen LogP contribution is -1.96. The normalized spacial score (nSPS) is 11.1. The molecule has 0 bridgehead atoms. The van der Waals surface area contributed by atoms with Crippen LogP contribution in [0.3, 0.4) is 0 Å². The van der Waals surface area contributed by atoms with Crippen LogP contribution >= 0.6 is 0 Å². The van der Waals surface area contributed by atoms with E-state index in [4.69, 9.17) is 1.37 Å². The summed E-state index contributed by atoms with van der Waals surface area (Å²) < 4.78 is 8.09. The molecule has 0 atom stereocenters. The fourth-order valence-corrected chi connectivity index (χ4v) is 0.714. The first-order valence-corrected chi connectivity index (χ1v) is 2.62. The summed E-state index contributed by atoms with van der Waals surface area (Å²) in [6.07, 6.45) is 1.29. The van der Waals surface area contributed by atoms with Crippen molar-refractivity contribution in [2.75, 3.05) is 0 Å². The summed E-state index contributed by atoms with van der Waals surface area (Å²) in [7, 11) is -0.169. The minimum Gasteiger partial charge on any atom is -0.358 e. The lowest BCUT2D eigenvalue weighted by Gasteiger charge is -1.92. The Morgan fingerprint density at radius 2 is 2.70 bits per heavy atom. The molecule has 0 radical (unpaired) electrons. The van der Waals surface area contributed by atoms with E-state index in [1.54, 1.807) is 6.92 Å². The molecule has 5 nitrogen and oxygen atoms in total. The van der Waals surface area contributed by atoms with Crippen molar-refractivity contribution in [2.45, 2.75) is 6.92 Å². The van der Waals surface area contributed by atoms with Crippen LogP contribution in [0.5, 0.6) is 0 Å². The Balaban J connectivity index is 3.17. The Morgan fingerprint density at radius 1 is 2.00 bits per heavy atom. The molecule has 1 rings (SSSR count). The molecule has 0 aliphatic carbocycles. The van der Waals surface area contributed by atoms with Crippen molar-refractivity contribution >= 4 is 5.82 Å². The van der Waals surface area contributed by atoms with E-state index in [0.29, 0.717) is 5.69 Å². The lowest BCUT2D eigenvalue weighted by molar-refractivity contribution is -0.392. The van der Waals surface area contributed by atoms with Gasteiger partial charge in [-0.25, -0.2) is 9.55 Å². The molecule has 0 aliphatic rings. The van der Waals surface area contributed by atoms with Crippen molar-refractivity contribution in [3.05, 3.63) is 22.1 Å². The summed E-state index contributed by atoms with van der Waals surface area (Å²) in [4.78, 5) is 13.5. The van der Waals surface area contributed by atoms with Gasteiger partial charge in [-0.2, -0.15) is 0 Å². The quantitative estimate of drug-likeness (QED) is 0.427. The van der Waals surface area contributed by atoms with Gasteiger partial charge in [0.05, 0.1) is 8.39 Å². The summed E-state index contributed by atoms with van der Waals surface area (Å²) >= 11 is 0. The van der Waals surface area contributed by atoms with Crippen molar-refractivity contribution in [2.24, 2.45) is 7.02 Å². The largest absolute Gasteiger partial charge is 0.358 e. The van der Waals surface area contributed by atoms with Gasteiger partial charge >= 0.3 is 5.82 Å². The number of rotatable bonds is 1. The Bertz CT molecular complexity index is 283. The van der Waals surface area contributed by atoms with Crippen LogP contribution in [0.1, 0.15) is 7.06 Å². The number of nitrogens with zero attached hydrogens (tertiary/aromatic N) is 3. The third-order valence-corrected chi connectivity index (χ3v) is 1.16. The van der Waals surface area contributed by atoms with Gasteiger partial charge in [0.1, 0.15) is 5.69 Å². The zero-order chi connectivity index (χ0) is 8.43. The van der Waals surface area contributed by atoms with E-state index in [2.05, 4.69) is 4.98 Å². The van der Waals surface area contributed by atoms with Crippen LogP contribution in [-0.2, 0) is 7.02 Å². The van der Waals surface area contributed by atoms with Crippen molar-refractivity contribution in [1.82, 2.24) is 9.55 Å². The first kappa shape index (κ1) is 5.40. The van der Waals surface area contributed by atoms with Gasteiger partial charge in [0.15, 0.2) is 6.33 Å². The third-order valence-electron chi connectivity index (χ3n) is 1.16. The monoisotopic (exact) mass is 142 g/mol. The van der Waals surface area contributed by atoms with Crippen LogP contribution in [0.2, 0.25) is 0 Å². The van der Waals surface area contributed by atoms with Gasteiger partial charge in [0, 0.05) is 0 Å². The highest BCUT2D eigenvalue weighted by Gasteiger charge is 2.13. The average Bonchev–Trinajstić information content (AvgIpc) is 2.30. The molecule has 0 spiro atoms. The Morgan fingerprint density at radius 3 is 3.10 bits per heavy atom. The summed E-state index contributed by atoms with van der Waals surface area (Å²) in [6, 6.07) is 0. The van der Waals surface area contributed by atoms with Gasteiger partial charge in [0.2, 0.25) is 0 Å². The number of aryl methyl sites for hydroxylation is 2. The van der Waals surface area contributed by atoms with Crippen molar-refractivity contribution in [3.63, 3.8) is 0 Å². The fourth-order valence-electron chi connectivity index (χ4n) is 0.714. The van der Waals surface area contributed by atoms with Crippen LogP contribution in [0.15, 0.2) is 6.33 Å². The molecule has 10 heavy (non-hydrogen) atoms. The second kappa shape index (κ2) is 2.09. The molecular weight excluding hydrogens is 134 g/mol. The standard InChI is InChI=1S/C5H7N3O2/c1-4-5(8(9)10)7(2)3-6-4/h3H,1-2H3/i2D. The number of hydrogen-bond acceptors (Lipinski definition) is 3. The molecule has 0 saturated carbocycles. The maximum Gasteiger partial charge on any atom is 0.345 e. The minimum atomic E-state index is -0.531. The molecule has 1 aromatic heterocycles. The van der Waals surface area contributed by atoms with Crippen molar-refractivity contribution < 1.29 is 6.29 Å². The lowest BCUT2D eigenvalue weighted by atomic mass is 10.5. The number of nitro groups is 1. The first-order valence-electron chi connectivity index (χ1n) is 3.33. The summed E-state index contributed by atoms with van der Waals surface area (Å²) in [5.74, 6) is -0.0972. The van der Waals surface area contributed by atoms with E-state index in [0.717, 1.165) is 0 Å². The molecular formula is C5H7N3O2. The maximum absolute atomic E-state index is 10.3. The second-order valence-electron chi connectivity index (χ2n) is 1.88. The van der Waals surface area contributed by atoms with Crippen molar-refractivity contribution in [3.8, 4) is 0 Å². The van der Waals surface area contributed by atoms with E-state index in [1.807, 2.05) is 0 Å². The first-order chi connectivity index (χ1) is 5.16. The third kappa shape index (κ3) is 0.854. The predicted octanol–water partition coefficient (Wildman–Crippen LogP) is 0.637. The molecule has 1 aromatic rings. The summed E-state index contributed by atoms with van der Waals surface area (Å²) in [6.45, 7) is 1.55. The molecule has 0 amide bonds. The Hall–Kier alpha value is -1.39. The zero-order valence-electron chi connectivity index (χ0n) is 6.44. The molecule has 54 valence electrons. The minimum absolute atomic E-state index is 0.0972. The van der Waals surface area contributed by atoms with E-state index >= 15 is 0 Å². The molecule has 1 heterocycles. The number of aromatic nitrogens is 2. The maximum atomic E-state index is 10.3. The Labute approximate surface area is 58.9 Å². The second-order valence-corrected chi connectivity index (χ2v) is 1.88. The van der Waals surface area contributed by atoms with Gasteiger partial charge in [-0.05, 0) is 11.8 Å². The molecule has 0 saturated heterocycles. The number of imidazole rings is 1.